The lowest BCUT2D eigenvalue weighted by Crippen LogP contribution is -2.39. The summed E-state index contributed by atoms with van der Waals surface area (Å²) in [7, 11) is -3.67. The Morgan fingerprint density at radius 1 is 1.33 bits per heavy atom. The number of nitrogens with one attached hydrogen (secondary N) is 1. The van der Waals surface area contributed by atoms with Crippen molar-refractivity contribution in [1.82, 2.24) is 9.62 Å². The number of benzene rings is 1. The van der Waals surface area contributed by atoms with Gasteiger partial charge in [-0.05, 0) is 24.6 Å². The van der Waals surface area contributed by atoms with Gasteiger partial charge >= 0.3 is 0 Å². The van der Waals surface area contributed by atoms with Gasteiger partial charge in [-0.1, -0.05) is 36.7 Å². The number of likely N-dealkylation sites (N-methyl/N-ethyl adjacent to an activating group) is 2. The summed E-state index contributed by atoms with van der Waals surface area (Å²) in [6.45, 7) is 3.94. The van der Waals surface area contributed by atoms with E-state index in [-0.39, 0.29) is 19.0 Å². The fourth-order valence-electron chi connectivity index (χ4n) is 1.65. The lowest BCUT2D eigenvalue weighted by molar-refractivity contribution is -0.121. The molecule has 0 radical (unpaired) electrons. The zero-order valence-corrected chi connectivity index (χ0v) is 13.6. The first-order chi connectivity index (χ1) is 9.90. The van der Waals surface area contributed by atoms with E-state index >= 15 is 0 Å². The zero-order valence-electron chi connectivity index (χ0n) is 12.0. The third-order valence-corrected chi connectivity index (χ3v) is 4.66. The fourth-order valence-corrected chi connectivity index (χ4v) is 3.00. The van der Waals surface area contributed by atoms with Gasteiger partial charge in [-0.15, -0.1) is 0 Å². The van der Waals surface area contributed by atoms with Crippen molar-refractivity contribution in [2.24, 2.45) is 0 Å². The highest BCUT2D eigenvalue weighted by Gasteiger charge is 2.20. The normalized spacial score (nSPS) is 12.0. The van der Waals surface area contributed by atoms with E-state index in [1.807, 2.05) is 0 Å². The van der Waals surface area contributed by atoms with Crippen molar-refractivity contribution >= 4 is 33.6 Å². The largest absolute Gasteiger partial charge is 0.355 e. The van der Waals surface area contributed by atoms with Crippen LogP contribution in [0, 0.1) is 0 Å². The number of carbonyl (C=O) groups is 1. The second-order valence-corrected chi connectivity index (χ2v) is 6.47. The maximum atomic E-state index is 12.2. The molecule has 0 saturated carbocycles. The molecule has 0 heterocycles. The number of rotatable bonds is 7. The molecule has 0 aliphatic heterocycles. The summed E-state index contributed by atoms with van der Waals surface area (Å²) in [6.07, 6.45) is 1.43. The number of hydrogen-bond acceptors (Lipinski definition) is 3. The molecule has 0 aliphatic carbocycles. The topological polar surface area (TPSA) is 66.5 Å². The van der Waals surface area contributed by atoms with E-state index in [4.69, 9.17) is 11.6 Å². The first-order valence-electron chi connectivity index (χ1n) is 6.60. The Labute approximate surface area is 130 Å². The number of sulfonamides is 1. The first kappa shape index (κ1) is 17.7. The molecular formula is C14H19ClN2O3S. The molecule has 0 aromatic heterocycles. The predicted molar refractivity (Wildman–Crippen MR) is 85.3 cm³/mol. The summed E-state index contributed by atoms with van der Waals surface area (Å²) in [5, 5.41) is 4.11. The molecule has 0 saturated heterocycles. The van der Waals surface area contributed by atoms with E-state index in [0.717, 1.165) is 9.71 Å². The van der Waals surface area contributed by atoms with E-state index in [1.165, 1.54) is 6.08 Å². The van der Waals surface area contributed by atoms with Crippen LogP contribution in [0.4, 0.5) is 0 Å². The summed E-state index contributed by atoms with van der Waals surface area (Å²) >= 11 is 5.97. The van der Waals surface area contributed by atoms with Crippen LogP contribution in [0.25, 0.3) is 6.08 Å². The van der Waals surface area contributed by atoms with Crippen LogP contribution in [0.15, 0.2) is 29.7 Å². The molecule has 1 aromatic carbocycles. The number of amides is 1. The van der Waals surface area contributed by atoms with Crippen LogP contribution in [0.2, 0.25) is 5.02 Å². The molecule has 0 bridgehead atoms. The van der Waals surface area contributed by atoms with Gasteiger partial charge in [0.1, 0.15) is 0 Å². The summed E-state index contributed by atoms with van der Waals surface area (Å²) in [5.41, 5.74) is 0.608. The average molecular weight is 331 g/mol. The number of carbonyl (C=O) groups excluding carboxylic acids is 1. The van der Waals surface area contributed by atoms with Gasteiger partial charge in [0.2, 0.25) is 15.9 Å². The molecular weight excluding hydrogens is 312 g/mol. The van der Waals surface area contributed by atoms with Crippen molar-refractivity contribution in [2.45, 2.75) is 13.8 Å². The first-order valence-corrected chi connectivity index (χ1v) is 8.48. The Morgan fingerprint density at radius 3 is 2.57 bits per heavy atom. The Bertz CT molecular complexity index is 614. The van der Waals surface area contributed by atoms with Crippen LogP contribution in [0.3, 0.4) is 0 Å². The molecule has 0 atom stereocenters. The van der Waals surface area contributed by atoms with Crippen LogP contribution >= 0.6 is 11.6 Å². The van der Waals surface area contributed by atoms with Crippen molar-refractivity contribution in [1.29, 1.82) is 0 Å². The zero-order chi connectivity index (χ0) is 15.9. The molecule has 1 N–H and O–H groups in total. The maximum absolute atomic E-state index is 12.2. The molecule has 7 heteroatoms. The Morgan fingerprint density at radius 2 is 2.00 bits per heavy atom. The summed E-state index contributed by atoms with van der Waals surface area (Å²) in [5.74, 6) is -0.325. The van der Waals surface area contributed by atoms with E-state index in [2.05, 4.69) is 5.32 Å². The third-order valence-electron chi connectivity index (χ3n) is 2.73. The van der Waals surface area contributed by atoms with Crippen LogP contribution in [-0.4, -0.2) is 38.3 Å². The molecule has 0 fully saturated rings. The lowest BCUT2D eigenvalue weighted by Gasteiger charge is -2.17. The highest BCUT2D eigenvalue weighted by molar-refractivity contribution is 7.92. The van der Waals surface area contributed by atoms with Crippen molar-refractivity contribution in [3.63, 3.8) is 0 Å². The smallest absolute Gasteiger partial charge is 0.236 e. The lowest BCUT2D eigenvalue weighted by atomic mass is 10.2. The number of nitrogens with zero attached hydrogens (tertiary/aromatic N) is 1. The molecule has 0 spiro atoms. The van der Waals surface area contributed by atoms with Gasteiger partial charge in [0.25, 0.3) is 0 Å². The molecule has 0 aliphatic rings. The van der Waals surface area contributed by atoms with Gasteiger partial charge in [0.05, 0.1) is 6.54 Å². The minimum absolute atomic E-state index is 0.195. The van der Waals surface area contributed by atoms with E-state index < -0.39 is 10.0 Å². The molecule has 1 aromatic rings. The number of hydrogen-bond donors (Lipinski definition) is 1. The van der Waals surface area contributed by atoms with Crippen molar-refractivity contribution in [3.8, 4) is 0 Å². The molecule has 1 amide bonds. The molecule has 116 valence electrons. The average Bonchev–Trinajstić information content (AvgIpc) is 2.44. The monoisotopic (exact) mass is 330 g/mol. The molecule has 1 rings (SSSR count). The van der Waals surface area contributed by atoms with Gasteiger partial charge in [0.15, 0.2) is 0 Å². The van der Waals surface area contributed by atoms with Crippen LogP contribution in [0.5, 0.6) is 0 Å². The van der Waals surface area contributed by atoms with E-state index in [0.29, 0.717) is 17.1 Å². The quantitative estimate of drug-likeness (QED) is 0.832. The van der Waals surface area contributed by atoms with Crippen molar-refractivity contribution < 1.29 is 13.2 Å². The van der Waals surface area contributed by atoms with Gasteiger partial charge in [0, 0.05) is 23.5 Å². The molecule has 21 heavy (non-hydrogen) atoms. The number of halogens is 1. The van der Waals surface area contributed by atoms with Crippen molar-refractivity contribution in [2.75, 3.05) is 19.6 Å². The third kappa shape index (κ3) is 5.49. The maximum Gasteiger partial charge on any atom is 0.236 e. The van der Waals surface area contributed by atoms with Crippen LogP contribution < -0.4 is 5.32 Å². The standard InChI is InChI=1S/C14H19ClN2O3S/c1-3-16-14(18)11-17(4-2)21(19,20)10-9-12-7-5-6-8-13(12)15/h5-10H,3-4,11H2,1-2H3,(H,16,18). The van der Waals surface area contributed by atoms with Crippen LogP contribution in [-0.2, 0) is 14.8 Å². The van der Waals surface area contributed by atoms with Crippen LogP contribution in [0.1, 0.15) is 19.4 Å². The minimum atomic E-state index is -3.67. The Balaban J connectivity index is 2.88. The highest BCUT2D eigenvalue weighted by Crippen LogP contribution is 2.17. The highest BCUT2D eigenvalue weighted by atomic mass is 35.5. The van der Waals surface area contributed by atoms with Gasteiger partial charge in [-0.2, -0.15) is 4.31 Å². The summed E-state index contributed by atoms with van der Waals surface area (Å²) in [4.78, 5) is 11.5. The SMILES string of the molecule is CCNC(=O)CN(CC)S(=O)(=O)C=Cc1ccccc1Cl. The summed E-state index contributed by atoms with van der Waals surface area (Å²) in [6, 6.07) is 6.93. The van der Waals surface area contributed by atoms with Gasteiger partial charge < -0.3 is 5.32 Å². The van der Waals surface area contributed by atoms with Crippen molar-refractivity contribution in [3.05, 3.63) is 40.3 Å². The predicted octanol–water partition coefficient (Wildman–Crippen LogP) is 2.10. The second-order valence-electron chi connectivity index (χ2n) is 4.25. The minimum Gasteiger partial charge on any atom is -0.355 e. The second kappa shape index (κ2) is 8.17. The van der Waals surface area contributed by atoms with E-state index in [9.17, 15) is 13.2 Å². The van der Waals surface area contributed by atoms with Gasteiger partial charge in [-0.3, -0.25) is 4.79 Å². The summed E-state index contributed by atoms with van der Waals surface area (Å²) < 4.78 is 25.5. The Hall–Kier alpha value is -1.37. The van der Waals surface area contributed by atoms with Gasteiger partial charge in [-0.25, -0.2) is 8.42 Å². The fraction of sp³-hybridized carbons (Fsp3) is 0.357. The molecule has 5 nitrogen and oxygen atoms in total. The Kier molecular flexibility index (Phi) is 6.87. The molecule has 0 unspecified atom stereocenters. The van der Waals surface area contributed by atoms with E-state index in [1.54, 1.807) is 38.1 Å².